The molecule has 0 radical (unpaired) electrons. The van der Waals surface area contributed by atoms with Crippen molar-refractivity contribution in [2.24, 2.45) is 4.99 Å². The lowest BCUT2D eigenvalue weighted by atomic mass is 10.2. The third kappa shape index (κ3) is 3.83. The maximum atomic E-state index is 12.2. The van der Waals surface area contributed by atoms with Crippen molar-refractivity contribution in [1.82, 2.24) is 25.0 Å². The minimum absolute atomic E-state index is 0.0410. The molecule has 7 nitrogen and oxygen atoms in total. The van der Waals surface area contributed by atoms with Crippen LogP contribution in [0.5, 0.6) is 0 Å². The second-order valence-electron chi connectivity index (χ2n) is 6.17. The van der Waals surface area contributed by atoms with E-state index in [1.54, 1.807) is 11.7 Å². The van der Waals surface area contributed by atoms with Gasteiger partial charge in [-0.15, -0.1) is 0 Å². The Balaban J connectivity index is 1.44. The molecule has 2 aliphatic rings. The van der Waals surface area contributed by atoms with Crippen molar-refractivity contribution in [2.75, 3.05) is 13.6 Å². The highest BCUT2D eigenvalue weighted by molar-refractivity contribution is 5.80. The Hall–Kier alpha value is -2.05. The minimum atomic E-state index is 0.0410. The van der Waals surface area contributed by atoms with Crippen LogP contribution in [-0.2, 0) is 19.5 Å². The third-order valence-electron chi connectivity index (χ3n) is 4.44. The molecule has 0 aromatic carbocycles. The second-order valence-corrected chi connectivity index (χ2v) is 6.17. The van der Waals surface area contributed by atoms with Crippen LogP contribution in [0.3, 0.4) is 0 Å². The van der Waals surface area contributed by atoms with Gasteiger partial charge in [0.15, 0.2) is 5.96 Å². The Kier molecular flexibility index (Phi) is 5.15. The zero-order valence-corrected chi connectivity index (χ0v) is 13.8. The number of hydrogen-bond donors (Lipinski definition) is 2. The maximum Gasteiger partial charge on any atom is 0.345 e. The molecule has 1 aromatic rings. The second kappa shape index (κ2) is 7.48. The van der Waals surface area contributed by atoms with Crippen molar-refractivity contribution in [3.8, 4) is 0 Å². The number of aliphatic imine (C=N–C) groups is 1. The molecule has 1 aliphatic heterocycles. The number of nitrogens with one attached hydrogen (secondary N) is 2. The zero-order chi connectivity index (χ0) is 16.1. The zero-order valence-electron chi connectivity index (χ0n) is 13.8. The number of hydrogen-bond acceptors (Lipinski definition) is 3. The predicted octanol–water partition coefficient (Wildman–Crippen LogP) is 0.655. The molecule has 0 saturated heterocycles. The molecule has 0 atom stereocenters. The Bertz CT molecular complexity index is 633. The van der Waals surface area contributed by atoms with Crippen LogP contribution in [0.25, 0.3) is 0 Å². The quantitative estimate of drug-likeness (QED) is 0.362. The lowest BCUT2D eigenvalue weighted by molar-refractivity contribution is 0.509. The van der Waals surface area contributed by atoms with Crippen LogP contribution in [-0.4, -0.2) is 39.9 Å². The van der Waals surface area contributed by atoms with E-state index in [0.717, 1.165) is 63.4 Å². The topological polar surface area (TPSA) is 76.2 Å². The van der Waals surface area contributed by atoms with Gasteiger partial charge >= 0.3 is 5.69 Å². The summed E-state index contributed by atoms with van der Waals surface area (Å²) < 4.78 is 3.43. The van der Waals surface area contributed by atoms with E-state index >= 15 is 0 Å². The molecule has 1 aliphatic carbocycles. The Morgan fingerprint density at radius 3 is 2.96 bits per heavy atom. The highest BCUT2D eigenvalue weighted by atomic mass is 16.2. The molecule has 7 heteroatoms. The van der Waals surface area contributed by atoms with Crippen LogP contribution in [0.1, 0.15) is 37.9 Å². The van der Waals surface area contributed by atoms with Crippen LogP contribution < -0.4 is 16.3 Å². The molecular weight excluding hydrogens is 292 g/mol. The molecule has 2 N–H and O–H groups in total. The van der Waals surface area contributed by atoms with Crippen molar-refractivity contribution in [1.29, 1.82) is 0 Å². The number of fused-ring (bicyclic) bond motifs is 1. The standard InChI is InChI=1S/C16H26N6O/c1-17-15(19-13-7-2-3-8-13)18-10-6-12-22-16(23)21-11-5-4-9-14(21)20-22/h2-3,13H,4-12H2,1H3,(H2,17,18,19). The van der Waals surface area contributed by atoms with Gasteiger partial charge in [-0.2, -0.15) is 5.10 Å². The lowest BCUT2D eigenvalue weighted by Crippen LogP contribution is -2.43. The molecular formula is C16H26N6O. The highest BCUT2D eigenvalue weighted by Crippen LogP contribution is 2.09. The fourth-order valence-corrected chi connectivity index (χ4v) is 3.15. The first kappa shape index (κ1) is 15.8. The van der Waals surface area contributed by atoms with Crippen LogP contribution >= 0.6 is 0 Å². The van der Waals surface area contributed by atoms with Gasteiger partial charge in [-0.05, 0) is 32.1 Å². The molecule has 1 aromatic heterocycles. The van der Waals surface area contributed by atoms with Crippen LogP contribution in [0.4, 0.5) is 0 Å². The summed E-state index contributed by atoms with van der Waals surface area (Å²) in [7, 11) is 1.78. The molecule has 0 saturated carbocycles. The molecule has 0 amide bonds. The van der Waals surface area contributed by atoms with E-state index in [4.69, 9.17) is 0 Å². The van der Waals surface area contributed by atoms with Crippen LogP contribution in [0.2, 0.25) is 0 Å². The summed E-state index contributed by atoms with van der Waals surface area (Å²) in [5.41, 5.74) is 0.0410. The van der Waals surface area contributed by atoms with Crippen molar-refractivity contribution >= 4 is 5.96 Å². The van der Waals surface area contributed by atoms with Gasteiger partial charge in [0.1, 0.15) is 5.82 Å². The van der Waals surface area contributed by atoms with Crippen molar-refractivity contribution < 1.29 is 0 Å². The molecule has 126 valence electrons. The van der Waals surface area contributed by atoms with Crippen molar-refractivity contribution in [3.05, 3.63) is 28.5 Å². The predicted molar refractivity (Wildman–Crippen MR) is 90.7 cm³/mol. The Morgan fingerprint density at radius 2 is 2.22 bits per heavy atom. The number of aryl methyl sites for hydroxylation is 2. The third-order valence-corrected chi connectivity index (χ3v) is 4.44. The maximum absolute atomic E-state index is 12.2. The van der Waals surface area contributed by atoms with Crippen LogP contribution in [0.15, 0.2) is 21.9 Å². The lowest BCUT2D eigenvalue weighted by Gasteiger charge is -2.16. The normalized spacial score (nSPS) is 18.2. The van der Waals surface area contributed by atoms with Crippen molar-refractivity contribution in [3.63, 3.8) is 0 Å². The molecule has 0 unspecified atom stereocenters. The Morgan fingerprint density at radius 1 is 1.39 bits per heavy atom. The summed E-state index contributed by atoms with van der Waals surface area (Å²) in [5.74, 6) is 1.77. The summed E-state index contributed by atoms with van der Waals surface area (Å²) >= 11 is 0. The van der Waals surface area contributed by atoms with E-state index in [9.17, 15) is 4.79 Å². The first-order valence-corrected chi connectivity index (χ1v) is 8.56. The smallest absolute Gasteiger partial charge is 0.345 e. The van der Waals surface area contributed by atoms with Gasteiger partial charge in [0.2, 0.25) is 0 Å². The van der Waals surface area contributed by atoms with Gasteiger partial charge in [0, 0.05) is 39.1 Å². The molecule has 0 fully saturated rings. The fraction of sp³-hybridized carbons (Fsp3) is 0.688. The van der Waals surface area contributed by atoms with E-state index in [1.807, 2.05) is 4.57 Å². The summed E-state index contributed by atoms with van der Waals surface area (Å²) in [6.07, 6.45) is 10.5. The molecule has 23 heavy (non-hydrogen) atoms. The Labute approximate surface area is 136 Å². The molecule has 2 heterocycles. The fourth-order valence-electron chi connectivity index (χ4n) is 3.15. The van der Waals surface area contributed by atoms with E-state index in [-0.39, 0.29) is 5.69 Å². The average molecular weight is 318 g/mol. The summed E-state index contributed by atoms with van der Waals surface area (Å²) in [6.45, 7) is 2.24. The van der Waals surface area contributed by atoms with Crippen molar-refractivity contribution in [2.45, 2.75) is 57.7 Å². The van der Waals surface area contributed by atoms with Gasteiger partial charge in [-0.1, -0.05) is 12.2 Å². The first-order valence-electron chi connectivity index (χ1n) is 8.56. The summed E-state index contributed by atoms with van der Waals surface area (Å²) in [5, 5.41) is 11.2. The van der Waals surface area contributed by atoms with Gasteiger partial charge in [0.25, 0.3) is 0 Å². The summed E-state index contributed by atoms with van der Waals surface area (Å²) in [4.78, 5) is 16.5. The first-order chi connectivity index (χ1) is 11.3. The monoisotopic (exact) mass is 318 g/mol. The van der Waals surface area contributed by atoms with Gasteiger partial charge in [-0.25, -0.2) is 9.48 Å². The van der Waals surface area contributed by atoms with E-state index < -0.39 is 0 Å². The number of nitrogens with zero attached hydrogens (tertiary/aromatic N) is 4. The van der Waals surface area contributed by atoms with Gasteiger partial charge in [-0.3, -0.25) is 9.56 Å². The van der Waals surface area contributed by atoms with E-state index in [2.05, 4.69) is 32.9 Å². The van der Waals surface area contributed by atoms with Crippen LogP contribution in [0, 0.1) is 0 Å². The SMILES string of the molecule is CN=C(NCCCn1nc2n(c1=O)CCCC2)NC1CC=CC1. The molecule has 0 bridgehead atoms. The highest BCUT2D eigenvalue weighted by Gasteiger charge is 2.16. The van der Waals surface area contributed by atoms with Gasteiger partial charge in [0.05, 0.1) is 0 Å². The average Bonchev–Trinajstić information content (AvgIpc) is 3.19. The van der Waals surface area contributed by atoms with E-state index in [1.165, 1.54) is 0 Å². The van der Waals surface area contributed by atoms with E-state index in [0.29, 0.717) is 12.6 Å². The largest absolute Gasteiger partial charge is 0.356 e. The number of aromatic nitrogens is 3. The number of guanidine groups is 1. The molecule has 0 spiro atoms. The molecule has 3 rings (SSSR count). The minimum Gasteiger partial charge on any atom is -0.356 e. The van der Waals surface area contributed by atoms with Gasteiger partial charge < -0.3 is 10.6 Å². The summed E-state index contributed by atoms with van der Waals surface area (Å²) in [6, 6.07) is 0.448. The number of rotatable bonds is 5.